The normalized spacial score (nSPS) is 22.2. The Hall–Kier alpha value is -2.55. The number of allylic oxidation sites excluding steroid dienone is 1. The number of ketones is 1. The highest BCUT2D eigenvalue weighted by Crippen LogP contribution is 2.41. The van der Waals surface area contributed by atoms with Gasteiger partial charge in [0.15, 0.2) is 5.78 Å². The van der Waals surface area contributed by atoms with Gasteiger partial charge in [0.05, 0.1) is 17.4 Å². The van der Waals surface area contributed by atoms with Gasteiger partial charge in [0.25, 0.3) is 0 Å². The molecule has 2 N–H and O–H groups in total. The Balaban J connectivity index is 1.82. The Labute approximate surface area is 155 Å². The van der Waals surface area contributed by atoms with E-state index in [1.807, 2.05) is 12.1 Å². The van der Waals surface area contributed by atoms with Crippen molar-refractivity contribution >= 4 is 17.2 Å². The van der Waals surface area contributed by atoms with E-state index in [9.17, 15) is 4.79 Å². The van der Waals surface area contributed by atoms with E-state index in [2.05, 4.69) is 67.8 Å². The van der Waals surface area contributed by atoms with Crippen LogP contribution in [0.1, 0.15) is 56.7 Å². The standard InChI is InChI=1S/C23H26N2O/c1-14(2)16-8-10-17(11-9-16)23-22-20(12-15(3)13-21(22)26)24-18-6-4-5-7-19(18)25-23/h4-11,14-15,23-25H,12-13H2,1-3H3/t15-,23-/m1/s1. The second-order valence-electron chi connectivity index (χ2n) is 7.90. The van der Waals surface area contributed by atoms with Gasteiger partial charge in [-0.1, -0.05) is 57.2 Å². The van der Waals surface area contributed by atoms with Gasteiger partial charge in [0.2, 0.25) is 0 Å². The quantitative estimate of drug-likeness (QED) is 0.739. The van der Waals surface area contributed by atoms with Crippen molar-refractivity contribution in [2.75, 3.05) is 10.6 Å². The fourth-order valence-corrected chi connectivity index (χ4v) is 4.01. The van der Waals surface area contributed by atoms with Gasteiger partial charge in [-0.2, -0.15) is 0 Å². The lowest BCUT2D eigenvalue weighted by Crippen LogP contribution is -2.26. The van der Waals surface area contributed by atoms with Crippen LogP contribution in [0.2, 0.25) is 0 Å². The summed E-state index contributed by atoms with van der Waals surface area (Å²) in [5.41, 5.74) is 6.52. The lowest BCUT2D eigenvalue weighted by molar-refractivity contribution is -0.117. The van der Waals surface area contributed by atoms with Crippen LogP contribution in [0.5, 0.6) is 0 Å². The van der Waals surface area contributed by atoms with Crippen molar-refractivity contribution < 1.29 is 4.79 Å². The fourth-order valence-electron chi connectivity index (χ4n) is 4.01. The third kappa shape index (κ3) is 3.03. The Bertz CT molecular complexity index is 864. The summed E-state index contributed by atoms with van der Waals surface area (Å²) in [7, 11) is 0. The average Bonchev–Trinajstić information content (AvgIpc) is 2.78. The van der Waals surface area contributed by atoms with Crippen molar-refractivity contribution in [1.82, 2.24) is 0 Å². The van der Waals surface area contributed by atoms with Crippen LogP contribution in [-0.4, -0.2) is 5.78 Å². The number of carbonyl (C=O) groups is 1. The molecule has 0 saturated heterocycles. The van der Waals surface area contributed by atoms with Crippen molar-refractivity contribution in [2.24, 2.45) is 5.92 Å². The summed E-state index contributed by atoms with van der Waals surface area (Å²) < 4.78 is 0. The van der Waals surface area contributed by atoms with E-state index in [1.165, 1.54) is 5.56 Å². The molecule has 0 unspecified atom stereocenters. The van der Waals surface area contributed by atoms with Gasteiger partial charge in [-0.3, -0.25) is 4.79 Å². The van der Waals surface area contributed by atoms with Crippen LogP contribution in [-0.2, 0) is 4.79 Å². The fraction of sp³-hybridized carbons (Fsp3) is 0.348. The maximum absolute atomic E-state index is 13.0. The second-order valence-corrected chi connectivity index (χ2v) is 7.90. The molecule has 1 aliphatic heterocycles. The third-order valence-corrected chi connectivity index (χ3v) is 5.45. The van der Waals surface area contributed by atoms with Gasteiger partial charge in [-0.05, 0) is 41.5 Å². The monoisotopic (exact) mass is 346 g/mol. The molecular weight excluding hydrogens is 320 g/mol. The summed E-state index contributed by atoms with van der Waals surface area (Å²) in [6.45, 7) is 6.55. The van der Waals surface area contributed by atoms with Crippen molar-refractivity contribution in [3.63, 3.8) is 0 Å². The molecule has 2 aliphatic rings. The van der Waals surface area contributed by atoms with Gasteiger partial charge in [0, 0.05) is 17.7 Å². The molecule has 3 heteroatoms. The minimum atomic E-state index is -0.109. The molecule has 0 radical (unpaired) electrons. The lowest BCUT2D eigenvalue weighted by Gasteiger charge is -2.28. The van der Waals surface area contributed by atoms with Crippen LogP contribution in [0.4, 0.5) is 11.4 Å². The van der Waals surface area contributed by atoms with Crippen molar-refractivity contribution in [3.05, 3.63) is 70.9 Å². The molecule has 1 heterocycles. The summed E-state index contributed by atoms with van der Waals surface area (Å²) in [6, 6.07) is 16.8. The zero-order chi connectivity index (χ0) is 18.3. The molecule has 2 aromatic rings. The van der Waals surface area contributed by atoms with E-state index in [4.69, 9.17) is 0 Å². The molecule has 2 aromatic carbocycles. The highest BCUT2D eigenvalue weighted by atomic mass is 16.1. The Morgan fingerprint density at radius 3 is 2.35 bits per heavy atom. The molecule has 0 amide bonds. The third-order valence-electron chi connectivity index (χ3n) is 5.45. The van der Waals surface area contributed by atoms with E-state index in [1.54, 1.807) is 0 Å². The molecule has 26 heavy (non-hydrogen) atoms. The van der Waals surface area contributed by atoms with Gasteiger partial charge in [-0.15, -0.1) is 0 Å². The number of rotatable bonds is 2. The minimum absolute atomic E-state index is 0.109. The number of para-hydroxylation sites is 2. The number of anilines is 2. The first kappa shape index (κ1) is 16.9. The summed E-state index contributed by atoms with van der Waals surface area (Å²) in [6.07, 6.45) is 1.54. The zero-order valence-electron chi connectivity index (χ0n) is 15.7. The van der Waals surface area contributed by atoms with Gasteiger partial charge in [-0.25, -0.2) is 0 Å². The topological polar surface area (TPSA) is 41.1 Å². The van der Waals surface area contributed by atoms with Crippen LogP contribution < -0.4 is 10.6 Å². The second kappa shape index (κ2) is 6.64. The molecular formula is C23H26N2O. The van der Waals surface area contributed by atoms with Gasteiger partial charge in [0.1, 0.15) is 0 Å². The molecule has 3 nitrogen and oxygen atoms in total. The molecule has 1 aliphatic carbocycles. The number of hydrogen-bond donors (Lipinski definition) is 2. The zero-order valence-corrected chi connectivity index (χ0v) is 15.7. The van der Waals surface area contributed by atoms with E-state index in [0.29, 0.717) is 18.3 Å². The van der Waals surface area contributed by atoms with Crippen molar-refractivity contribution in [3.8, 4) is 0 Å². The first-order valence-electron chi connectivity index (χ1n) is 9.51. The van der Waals surface area contributed by atoms with Crippen LogP contribution in [0.3, 0.4) is 0 Å². The largest absolute Gasteiger partial charge is 0.372 e. The van der Waals surface area contributed by atoms with E-state index in [-0.39, 0.29) is 11.8 Å². The molecule has 134 valence electrons. The Morgan fingerprint density at radius 1 is 0.962 bits per heavy atom. The number of Topliss-reactive ketones (excluding diaryl/α,β-unsaturated/α-hetero) is 1. The Kier molecular flexibility index (Phi) is 4.31. The summed E-state index contributed by atoms with van der Waals surface area (Å²) >= 11 is 0. The Morgan fingerprint density at radius 2 is 1.65 bits per heavy atom. The molecule has 0 saturated carbocycles. The predicted octanol–water partition coefficient (Wildman–Crippen LogP) is 5.64. The molecule has 4 rings (SSSR count). The summed E-state index contributed by atoms with van der Waals surface area (Å²) in [4.78, 5) is 13.0. The smallest absolute Gasteiger partial charge is 0.163 e. The number of carbonyl (C=O) groups excluding carboxylic acids is 1. The maximum Gasteiger partial charge on any atom is 0.163 e. The number of benzene rings is 2. The number of nitrogens with one attached hydrogen (secondary N) is 2. The van der Waals surface area contributed by atoms with Gasteiger partial charge >= 0.3 is 0 Å². The van der Waals surface area contributed by atoms with E-state index in [0.717, 1.165) is 34.6 Å². The van der Waals surface area contributed by atoms with Crippen LogP contribution in [0.25, 0.3) is 0 Å². The molecule has 0 fully saturated rings. The van der Waals surface area contributed by atoms with Gasteiger partial charge < -0.3 is 10.6 Å². The maximum atomic E-state index is 13.0. The number of fused-ring (bicyclic) bond motifs is 1. The minimum Gasteiger partial charge on any atom is -0.372 e. The highest BCUT2D eigenvalue weighted by molar-refractivity contribution is 6.00. The lowest BCUT2D eigenvalue weighted by atomic mass is 9.82. The summed E-state index contributed by atoms with van der Waals surface area (Å²) in [5.74, 6) is 1.13. The molecule has 0 bridgehead atoms. The van der Waals surface area contributed by atoms with Crippen LogP contribution >= 0.6 is 0 Å². The predicted molar refractivity (Wildman–Crippen MR) is 107 cm³/mol. The SMILES string of the molecule is CC(C)c1ccc([C@H]2Nc3ccccc3NC3=C2C(=O)C[C@H](C)C3)cc1. The highest BCUT2D eigenvalue weighted by Gasteiger charge is 2.34. The molecule has 0 spiro atoms. The first-order chi connectivity index (χ1) is 12.5. The van der Waals surface area contributed by atoms with E-state index < -0.39 is 0 Å². The van der Waals surface area contributed by atoms with E-state index >= 15 is 0 Å². The van der Waals surface area contributed by atoms with Crippen molar-refractivity contribution in [2.45, 2.75) is 45.6 Å². The molecule has 0 aromatic heterocycles. The average molecular weight is 346 g/mol. The summed E-state index contributed by atoms with van der Waals surface area (Å²) in [5, 5.41) is 7.18. The van der Waals surface area contributed by atoms with Crippen LogP contribution in [0, 0.1) is 5.92 Å². The number of hydrogen-bond acceptors (Lipinski definition) is 3. The van der Waals surface area contributed by atoms with Crippen LogP contribution in [0.15, 0.2) is 59.8 Å². The van der Waals surface area contributed by atoms with Crippen molar-refractivity contribution in [1.29, 1.82) is 0 Å². The first-order valence-corrected chi connectivity index (χ1v) is 9.51. The molecule has 2 atom stereocenters.